The fourth-order valence-electron chi connectivity index (χ4n) is 1.63. The molecule has 0 spiro atoms. The second-order valence-corrected chi connectivity index (χ2v) is 5.78. The number of hydrogen-bond donors (Lipinski definition) is 2. The molecule has 2 N–H and O–H groups in total. The molecule has 5 nitrogen and oxygen atoms in total. The van der Waals surface area contributed by atoms with Crippen LogP contribution in [-0.2, 0) is 10.0 Å². The lowest BCUT2D eigenvalue weighted by atomic mass is 10.1. The number of nitrogens with one attached hydrogen (secondary N) is 2. The Kier molecular flexibility index (Phi) is 3.36. The summed E-state index contributed by atoms with van der Waals surface area (Å²) in [5.41, 5.74) is 2.70. The smallest absolute Gasteiger partial charge is 0.209 e. The molecule has 2 aromatic rings. The van der Waals surface area contributed by atoms with E-state index in [-0.39, 0.29) is 6.54 Å². The molecule has 6 heteroatoms. The summed E-state index contributed by atoms with van der Waals surface area (Å²) < 4.78 is 24.0. The molecule has 2 rings (SSSR count). The van der Waals surface area contributed by atoms with Gasteiger partial charge in [0, 0.05) is 17.8 Å². The van der Waals surface area contributed by atoms with Crippen molar-refractivity contribution in [1.82, 2.24) is 14.7 Å². The van der Waals surface area contributed by atoms with Gasteiger partial charge in [-0.3, -0.25) is 0 Å². The van der Waals surface area contributed by atoms with Crippen molar-refractivity contribution in [2.24, 2.45) is 0 Å². The molecule has 0 amide bonds. The van der Waals surface area contributed by atoms with Crippen LogP contribution in [0.3, 0.4) is 0 Å². The van der Waals surface area contributed by atoms with E-state index in [1.807, 2.05) is 13.0 Å². The number of nitrogens with zero attached hydrogens (tertiary/aromatic N) is 1. The number of rotatable bonds is 2. The highest BCUT2D eigenvalue weighted by atomic mass is 32.2. The van der Waals surface area contributed by atoms with Gasteiger partial charge in [-0.05, 0) is 18.6 Å². The Morgan fingerprint density at radius 2 is 2.28 bits per heavy atom. The minimum atomic E-state index is -3.19. The topological polar surface area (TPSA) is 74.8 Å². The van der Waals surface area contributed by atoms with E-state index in [4.69, 9.17) is 0 Å². The standard InChI is InChI=1S/C12H13N3O2S/c1-9-5-7-13-12-11(9)10(8-14-12)4-3-6-15-18(2,16)17/h5,7-8,15H,6H2,1-2H3,(H,13,14). The molecule has 0 radical (unpaired) electrons. The van der Waals surface area contributed by atoms with E-state index in [0.29, 0.717) is 0 Å². The molecule has 18 heavy (non-hydrogen) atoms. The predicted octanol–water partition coefficient (Wildman–Crippen LogP) is 0.772. The quantitative estimate of drug-likeness (QED) is 0.786. The largest absolute Gasteiger partial charge is 0.345 e. The van der Waals surface area contributed by atoms with Crippen molar-refractivity contribution in [2.45, 2.75) is 6.92 Å². The highest BCUT2D eigenvalue weighted by Crippen LogP contribution is 2.18. The summed E-state index contributed by atoms with van der Waals surface area (Å²) in [5, 5.41) is 0.976. The lowest BCUT2D eigenvalue weighted by Crippen LogP contribution is -2.21. The predicted molar refractivity (Wildman–Crippen MR) is 70.6 cm³/mol. The lowest BCUT2D eigenvalue weighted by Gasteiger charge is -1.95. The van der Waals surface area contributed by atoms with Crippen LogP contribution in [0.15, 0.2) is 18.5 Å². The number of fused-ring (bicyclic) bond motifs is 1. The highest BCUT2D eigenvalue weighted by Gasteiger charge is 2.04. The van der Waals surface area contributed by atoms with E-state index in [1.165, 1.54) is 0 Å². The van der Waals surface area contributed by atoms with Crippen LogP contribution in [0.25, 0.3) is 11.0 Å². The Labute approximate surface area is 106 Å². The number of H-pyrrole nitrogens is 1. The van der Waals surface area contributed by atoms with E-state index in [0.717, 1.165) is 28.4 Å². The van der Waals surface area contributed by atoms with Crippen LogP contribution in [-0.4, -0.2) is 31.2 Å². The maximum atomic E-state index is 10.9. The van der Waals surface area contributed by atoms with Crippen LogP contribution in [0.5, 0.6) is 0 Å². The zero-order chi connectivity index (χ0) is 13.2. The Balaban J connectivity index is 2.25. The third-order valence-electron chi connectivity index (χ3n) is 2.43. The molecule has 0 aromatic carbocycles. The molecule has 0 aliphatic carbocycles. The Morgan fingerprint density at radius 3 is 3.00 bits per heavy atom. The Hall–Kier alpha value is -1.84. The van der Waals surface area contributed by atoms with Gasteiger partial charge in [-0.2, -0.15) is 0 Å². The first-order valence-corrected chi connectivity index (χ1v) is 7.23. The van der Waals surface area contributed by atoms with Gasteiger partial charge in [-0.15, -0.1) is 0 Å². The minimum absolute atomic E-state index is 0.102. The molecular weight excluding hydrogens is 250 g/mol. The molecular formula is C12H13N3O2S. The molecule has 0 unspecified atom stereocenters. The van der Waals surface area contributed by atoms with Gasteiger partial charge in [0.25, 0.3) is 0 Å². The third-order valence-corrected chi connectivity index (χ3v) is 3.10. The molecule has 0 bridgehead atoms. The average molecular weight is 263 g/mol. The summed E-state index contributed by atoms with van der Waals surface area (Å²) in [5.74, 6) is 5.71. The second kappa shape index (κ2) is 4.80. The van der Waals surface area contributed by atoms with Crippen molar-refractivity contribution in [3.8, 4) is 11.8 Å². The SMILES string of the molecule is Cc1ccnc2[nH]cc(C#CCNS(C)(=O)=O)c12. The second-order valence-electron chi connectivity index (χ2n) is 3.95. The minimum Gasteiger partial charge on any atom is -0.345 e. The van der Waals surface area contributed by atoms with Crippen LogP contribution < -0.4 is 4.72 Å². The molecule has 0 saturated carbocycles. The first kappa shape index (κ1) is 12.6. The molecule has 0 saturated heterocycles. The zero-order valence-electron chi connectivity index (χ0n) is 10.1. The van der Waals surface area contributed by atoms with Gasteiger partial charge < -0.3 is 4.98 Å². The van der Waals surface area contributed by atoms with Crippen molar-refractivity contribution < 1.29 is 8.42 Å². The van der Waals surface area contributed by atoms with Crippen molar-refractivity contribution in [1.29, 1.82) is 0 Å². The van der Waals surface area contributed by atoms with Crippen molar-refractivity contribution in [2.75, 3.05) is 12.8 Å². The van der Waals surface area contributed by atoms with Crippen LogP contribution in [0.1, 0.15) is 11.1 Å². The summed E-state index contributed by atoms with van der Waals surface area (Å²) in [7, 11) is -3.19. The molecule has 0 aliphatic rings. The van der Waals surface area contributed by atoms with Crippen LogP contribution in [0, 0.1) is 18.8 Å². The lowest BCUT2D eigenvalue weighted by molar-refractivity contribution is 0.592. The van der Waals surface area contributed by atoms with E-state index in [9.17, 15) is 8.42 Å². The van der Waals surface area contributed by atoms with E-state index >= 15 is 0 Å². The first-order chi connectivity index (χ1) is 8.47. The molecule has 94 valence electrons. The van der Waals surface area contributed by atoms with Gasteiger partial charge in [0.2, 0.25) is 10.0 Å². The number of aryl methyl sites for hydroxylation is 1. The number of sulfonamides is 1. The number of aromatic nitrogens is 2. The van der Waals surface area contributed by atoms with Gasteiger partial charge in [0.05, 0.1) is 18.4 Å². The molecule has 0 atom stereocenters. The van der Waals surface area contributed by atoms with E-state index in [1.54, 1.807) is 12.4 Å². The molecule has 0 aliphatic heterocycles. The Bertz CT molecular complexity index is 736. The van der Waals surface area contributed by atoms with Gasteiger partial charge in [-0.1, -0.05) is 11.8 Å². The van der Waals surface area contributed by atoms with Crippen molar-refractivity contribution in [3.05, 3.63) is 29.6 Å². The van der Waals surface area contributed by atoms with Crippen LogP contribution in [0.4, 0.5) is 0 Å². The summed E-state index contributed by atoms with van der Waals surface area (Å²) in [6.07, 6.45) is 4.61. The first-order valence-electron chi connectivity index (χ1n) is 5.33. The van der Waals surface area contributed by atoms with Crippen LogP contribution in [0.2, 0.25) is 0 Å². The van der Waals surface area contributed by atoms with Gasteiger partial charge in [0.1, 0.15) is 5.65 Å². The maximum absolute atomic E-state index is 10.9. The van der Waals surface area contributed by atoms with Gasteiger partial charge >= 0.3 is 0 Å². The summed E-state index contributed by atoms with van der Waals surface area (Å²) in [6.45, 7) is 2.09. The fraction of sp³-hybridized carbons (Fsp3) is 0.250. The normalized spacial score (nSPS) is 11.2. The fourth-order valence-corrected chi connectivity index (χ4v) is 1.96. The number of hydrogen-bond acceptors (Lipinski definition) is 3. The molecule has 0 fully saturated rings. The molecule has 2 heterocycles. The third kappa shape index (κ3) is 2.88. The van der Waals surface area contributed by atoms with E-state index in [2.05, 4.69) is 26.5 Å². The average Bonchev–Trinajstić information content (AvgIpc) is 2.68. The van der Waals surface area contributed by atoms with Crippen molar-refractivity contribution >= 4 is 21.1 Å². The number of pyridine rings is 1. The number of aromatic amines is 1. The van der Waals surface area contributed by atoms with Crippen LogP contribution >= 0.6 is 0 Å². The highest BCUT2D eigenvalue weighted by molar-refractivity contribution is 7.88. The summed E-state index contributed by atoms with van der Waals surface area (Å²) in [6, 6.07) is 1.91. The van der Waals surface area contributed by atoms with Crippen molar-refractivity contribution in [3.63, 3.8) is 0 Å². The zero-order valence-corrected chi connectivity index (χ0v) is 10.9. The summed E-state index contributed by atoms with van der Waals surface area (Å²) >= 11 is 0. The summed E-state index contributed by atoms with van der Waals surface area (Å²) in [4.78, 5) is 7.23. The van der Waals surface area contributed by atoms with Gasteiger partial charge in [0.15, 0.2) is 0 Å². The molecule has 2 aromatic heterocycles. The Morgan fingerprint density at radius 1 is 1.50 bits per heavy atom. The maximum Gasteiger partial charge on any atom is 0.209 e. The van der Waals surface area contributed by atoms with Gasteiger partial charge in [-0.25, -0.2) is 18.1 Å². The monoisotopic (exact) mass is 263 g/mol. The van der Waals surface area contributed by atoms with E-state index < -0.39 is 10.0 Å².